The second-order valence-corrected chi connectivity index (χ2v) is 7.79. The third-order valence-electron chi connectivity index (χ3n) is 4.55. The van der Waals surface area contributed by atoms with Gasteiger partial charge in [0.05, 0.1) is 12.0 Å². The number of nitrogens with zero attached hydrogens (tertiary/aromatic N) is 1. The van der Waals surface area contributed by atoms with Crippen LogP contribution in [0.4, 0.5) is 0 Å². The summed E-state index contributed by atoms with van der Waals surface area (Å²) in [6.45, 7) is 5.23. The van der Waals surface area contributed by atoms with E-state index in [0.717, 1.165) is 10.8 Å². The predicted molar refractivity (Wildman–Crippen MR) is 108 cm³/mol. The molecular weight excluding hydrogens is 430 g/mol. The number of carbonyl (C=O) groups is 2. The van der Waals surface area contributed by atoms with Crippen LogP contribution in [-0.4, -0.2) is 40.0 Å². The largest absolute Gasteiger partial charge is 2.00 e. The molecular formula is C22H23FeNO4S+2. The molecule has 0 aromatic carbocycles. The van der Waals surface area contributed by atoms with Gasteiger partial charge in [0.15, 0.2) is 0 Å². The number of carbonyl (C=O) groups excluding carboxylic acids is 2. The van der Waals surface area contributed by atoms with E-state index in [1.54, 1.807) is 6.92 Å². The van der Waals surface area contributed by atoms with Crippen LogP contribution >= 0.6 is 11.8 Å². The Morgan fingerprint density at radius 3 is 2.34 bits per heavy atom. The molecule has 2 saturated carbocycles. The first-order chi connectivity index (χ1) is 13.5. The van der Waals surface area contributed by atoms with Crippen LogP contribution in [0.3, 0.4) is 0 Å². The molecule has 4 aliphatic rings. The van der Waals surface area contributed by atoms with Gasteiger partial charge in [-0.05, 0) is 77.0 Å². The fourth-order valence-electron chi connectivity index (χ4n) is 3.21. The van der Waals surface area contributed by atoms with Crippen molar-refractivity contribution in [3.8, 4) is 0 Å². The summed E-state index contributed by atoms with van der Waals surface area (Å²) in [7, 11) is 0. The van der Waals surface area contributed by atoms with Gasteiger partial charge in [0.2, 0.25) is 5.91 Å². The van der Waals surface area contributed by atoms with Crippen LogP contribution in [-0.2, 0) is 31.4 Å². The number of fused-ring (bicyclic) bond motifs is 1. The second kappa shape index (κ2) is 11.6. The Kier molecular flexibility index (Phi) is 9.80. The SMILES string of the molecule is C=CCOC(=O)C1=C(C[C]2[CH][CH][CH][CH]2)S[C@@H]2[C@@H]([C@@H](C)O)C(=O)N12.[CH]1[CH][CH][CH][CH]1.[Fe+2]. The Bertz CT molecular complexity index is 619. The Labute approximate surface area is 189 Å². The molecule has 3 fully saturated rings. The summed E-state index contributed by atoms with van der Waals surface area (Å²) in [4.78, 5) is 26.9. The molecule has 2 aliphatic carbocycles. The summed E-state index contributed by atoms with van der Waals surface area (Å²) < 4.78 is 5.14. The minimum absolute atomic E-state index is 0. The molecule has 0 aromatic rings. The van der Waals surface area contributed by atoms with Gasteiger partial charge < -0.3 is 9.84 Å². The first-order valence-corrected chi connectivity index (χ1v) is 9.98. The molecule has 152 valence electrons. The smallest absolute Gasteiger partial charge is 0.457 e. The Morgan fingerprint density at radius 1 is 1.24 bits per heavy atom. The van der Waals surface area contributed by atoms with Gasteiger partial charge in [0.25, 0.3) is 0 Å². The van der Waals surface area contributed by atoms with E-state index in [0.29, 0.717) is 12.1 Å². The molecule has 29 heavy (non-hydrogen) atoms. The van der Waals surface area contributed by atoms with E-state index in [-0.39, 0.29) is 35.0 Å². The molecule has 3 atom stereocenters. The fraction of sp³-hybridized carbons (Fsp3) is 0.273. The Hall–Kier alpha value is -0.751. The third kappa shape index (κ3) is 5.69. The Morgan fingerprint density at radius 2 is 1.83 bits per heavy atom. The summed E-state index contributed by atoms with van der Waals surface area (Å²) in [6, 6.07) is 0. The maximum absolute atomic E-state index is 12.4. The molecule has 7 heteroatoms. The van der Waals surface area contributed by atoms with Gasteiger partial charge in [-0.2, -0.15) is 0 Å². The van der Waals surface area contributed by atoms with Crippen molar-refractivity contribution in [3.63, 3.8) is 0 Å². The van der Waals surface area contributed by atoms with Crippen molar-refractivity contribution in [3.05, 3.63) is 87.0 Å². The average molecular weight is 453 g/mol. The van der Waals surface area contributed by atoms with Gasteiger partial charge in [-0.1, -0.05) is 12.7 Å². The van der Waals surface area contributed by atoms with Gasteiger partial charge in [0, 0.05) is 4.91 Å². The zero-order valence-corrected chi connectivity index (χ0v) is 17.9. The molecule has 0 aromatic heterocycles. The summed E-state index contributed by atoms with van der Waals surface area (Å²) in [5.41, 5.74) is 0.310. The fourth-order valence-corrected chi connectivity index (χ4v) is 4.85. The van der Waals surface area contributed by atoms with E-state index >= 15 is 0 Å². The second-order valence-electron chi connectivity index (χ2n) is 6.57. The predicted octanol–water partition coefficient (Wildman–Crippen LogP) is 2.65. The number of esters is 1. The quantitative estimate of drug-likeness (QED) is 0.290. The van der Waals surface area contributed by atoms with Crippen LogP contribution in [0.2, 0.25) is 0 Å². The number of aliphatic hydroxyl groups excluding tert-OH is 1. The molecule has 0 bridgehead atoms. The minimum Gasteiger partial charge on any atom is -0.457 e. The van der Waals surface area contributed by atoms with Crippen molar-refractivity contribution in [2.75, 3.05) is 6.61 Å². The standard InChI is InChI=1S/C17H18NO4S.C5H5.Fe/c1-3-8-22-17(21)14-12(9-11-6-4-5-7-11)23-16-13(10(2)19)15(20)18(14)16;1-2-4-5-3-1;/h3-7,10,13,16,19H,1,8-9H2,2H3;1-5H;/q;;+2/t10-,13+,16-;;/m1../s1. The van der Waals surface area contributed by atoms with Gasteiger partial charge in [-0.3, -0.25) is 9.69 Å². The van der Waals surface area contributed by atoms with Crippen LogP contribution in [0, 0.1) is 69.6 Å². The van der Waals surface area contributed by atoms with Gasteiger partial charge in [-0.25, -0.2) is 4.79 Å². The molecule has 4 rings (SSSR count). The molecule has 0 unspecified atom stereocenters. The van der Waals surface area contributed by atoms with E-state index in [4.69, 9.17) is 4.74 Å². The maximum atomic E-state index is 12.4. The number of aliphatic hydroxyl groups is 1. The van der Waals surface area contributed by atoms with Crippen LogP contribution < -0.4 is 0 Å². The summed E-state index contributed by atoms with van der Waals surface area (Å²) in [5, 5.41) is 9.57. The number of allylic oxidation sites excluding steroid dienone is 1. The van der Waals surface area contributed by atoms with Crippen molar-refractivity contribution in [1.82, 2.24) is 4.90 Å². The van der Waals surface area contributed by atoms with E-state index in [1.165, 1.54) is 22.7 Å². The first kappa shape index (κ1) is 24.5. The van der Waals surface area contributed by atoms with Gasteiger partial charge in [0.1, 0.15) is 17.7 Å². The molecule has 10 radical (unpaired) electrons. The molecule has 1 amide bonds. The van der Waals surface area contributed by atoms with E-state index in [9.17, 15) is 14.7 Å². The number of β-lactam (4-membered cyclic amide) rings is 1. The molecule has 0 spiro atoms. The van der Waals surface area contributed by atoms with Gasteiger partial charge >= 0.3 is 23.0 Å². The first-order valence-electron chi connectivity index (χ1n) is 9.10. The molecule has 1 N–H and O–H groups in total. The topological polar surface area (TPSA) is 66.8 Å². The van der Waals surface area contributed by atoms with Crippen molar-refractivity contribution < 1.29 is 36.5 Å². The minimum atomic E-state index is -0.736. The zero-order chi connectivity index (χ0) is 20.1. The van der Waals surface area contributed by atoms with Crippen LogP contribution in [0.15, 0.2) is 23.3 Å². The molecule has 5 nitrogen and oxygen atoms in total. The average Bonchev–Trinajstić information content (AvgIpc) is 3.42. The summed E-state index contributed by atoms with van der Waals surface area (Å²) in [6.07, 6.45) is 19.1. The number of ether oxygens (including phenoxy) is 1. The van der Waals surface area contributed by atoms with Gasteiger partial charge in [-0.15, -0.1) is 11.8 Å². The van der Waals surface area contributed by atoms with Crippen molar-refractivity contribution in [2.45, 2.75) is 24.8 Å². The van der Waals surface area contributed by atoms with Crippen LogP contribution in [0.1, 0.15) is 13.3 Å². The normalized spacial score (nSPS) is 26.8. The van der Waals surface area contributed by atoms with Crippen molar-refractivity contribution in [1.29, 1.82) is 0 Å². The zero-order valence-electron chi connectivity index (χ0n) is 16.0. The third-order valence-corrected chi connectivity index (χ3v) is 5.92. The number of amides is 1. The van der Waals surface area contributed by atoms with E-state index in [2.05, 4.69) is 6.58 Å². The van der Waals surface area contributed by atoms with Crippen molar-refractivity contribution in [2.24, 2.45) is 5.92 Å². The van der Waals surface area contributed by atoms with E-state index < -0.39 is 18.0 Å². The molecule has 1 saturated heterocycles. The molecule has 2 aliphatic heterocycles. The number of hydrogen-bond donors (Lipinski definition) is 1. The number of hydrogen-bond acceptors (Lipinski definition) is 5. The maximum Gasteiger partial charge on any atom is 2.00 e. The number of rotatable bonds is 6. The van der Waals surface area contributed by atoms with Crippen LogP contribution in [0.5, 0.6) is 0 Å². The summed E-state index contributed by atoms with van der Waals surface area (Å²) in [5.74, 6) is -0.135. The Balaban J connectivity index is 0.000000437. The van der Waals surface area contributed by atoms with Crippen LogP contribution in [0.25, 0.3) is 0 Å². The monoisotopic (exact) mass is 453 g/mol. The summed E-state index contributed by atoms with van der Waals surface area (Å²) >= 11 is 1.47. The molecule has 2 heterocycles. The van der Waals surface area contributed by atoms with Crippen molar-refractivity contribution >= 4 is 23.6 Å². The number of thioether (sulfide) groups is 1. The van der Waals surface area contributed by atoms with E-state index in [1.807, 2.05) is 57.8 Å².